The first kappa shape index (κ1) is 22.7. The van der Waals surface area contributed by atoms with Gasteiger partial charge in [-0.1, -0.05) is 11.6 Å². The summed E-state index contributed by atoms with van der Waals surface area (Å²) in [7, 11) is 0. The minimum absolute atomic E-state index is 0.0611. The van der Waals surface area contributed by atoms with Crippen molar-refractivity contribution in [2.45, 2.75) is 32.9 Å². The van der Waals surface area contributed by atoms with Gasteiger partial charge in [-0.15, -0.1) is 0 Å². The van der Waals surface area contributed by atoms with Crippen LogP contribution in [0.3, 0.4) is 0 Å². The summed E-state index contributed by atoms with van der Waals surface area (Å²) < 4.78 is 86.5. The Morgan fingerprint density at radius 1 is 1.17 bits per heavy atom. The minimum Gasteiger partial charge on any atom is -0.490 e. The van der Waals surface area contributed by atoms with Gasteiger partial charge in [0.05, 0.1) is 11.6 Å². The molecule has 2 rings (SSSR count). The molecule has 0 unspecified atom stereocenters. The second kappa shape index (κ2) is 9.72. The third-order valence-corrected chi connectivity index (χ3v) is 3.79. The topological polar surface area (TPSA) is 65.4 Å². The first-order valence-corrected chi connectivity index (χ1v) is 8.35. The summed E-state index contributed by atoms with van der Waals surface area (Å²) in [6, 6.07) is 3.48. The van der Waals surface area contributed by atoms with Gasteiger partial charge in [-0.3, -0.25) is 9.48 Å². The highest BCUT2D eigenvalue weighted by Crippen LogP contribution is 2.35. The van der Waals surface area contributed by atoms with Crippen LogP contribution >= 0.6 is 11.6 Å². The lowest BCUT2D eigenvalue weighted by Crippen LogP contribution is -2.21. The van der Waals surface area contributed by atoms with E-state index in [4.69, 9.17) is 16.3 Å². The molecule has 1 N–H and O–H groups in total. The zero-order valence-electron chi connectivity index (χ0n) is 14.6. The van der Waals surface area contributed by atoms with Gasteiger partial charge in [-0.25, -0.2) is 17.6 Å². The van der Waals surface area contributed by atoms with E-state index in [0.717, 1.165) is 6.07 Å². The molecule has 1 aromatic carbocycles. The zero-order chi connectivity index (χ0) is 21.7. The lowest BCUT2D eigenvalue weighted by atomic mass is 10.2. The van der Waals surface area contributed by atoms with Gasteiger partial charge in [0.25, 0.3) is 12.9 Å². The number of rotatable bonds is 9. The van der Waals surface area contributed by atoms with E-state index in [2.05, 4.69) is 15.2 Å². The van der Waals surface area contributed by atoms with Crippen LogP contribution in [0, 0.1) is 0 Å². The summed E-state index contributed by atoms with van der Waals surface area (Å²) in [5.41, 5.74) is -2.03. The molecule has 0 saturated heterocycles. The Kier molecular flexibility index (Phi) is 7.59. The van der Waals surface area contributed by atoms with Crippen LogP contribution in [0.25, 0.3) is 0 Å². The lowest BCUT2D eigenvalue weighted by molar-refractivity contribution is -0.117. The van der Waals surface area contributed by atoms with E-state index in [1.807, 2.05) is 0 Å². The largest absolute Gasteiger partial charge is 0.490 e. The Morgan fingerprint density at radius 3 is 2.41 bits per heavy atom. The van der Waals surface area contributed by atoms with Gasteiger partial charge in [0.1, 0.15) is 17.9 Å². The van der Waals surface area contributed by atoms with E-state index < -0.39 is 48.3 Å². The first-order chi connectivity index (χ1) is 13.6. The summed E-state index contributed by atoms with van der Waals surface area (Å²) in [6.07, 6.45) is -6.45. The standard InChI is InChI=1S/C16H14ClF6N3O3/c1-2-28-9-5-7(3-4-8(9)29-16(22)23)24-10(27)6-26-13(15(20)21)11(17)12(25-26)14(18)19/h3-5,14-16H,2,6H2,1H3,(H,24,27). The Morgan fingerprint density at radius 2 is 1.86 bits per heavy atom. The molecular weight excluding hydrogens is 432 g/mol. The van der Waals surface area contributed by atoms with Crippen LogP contribution in [0.4, 0.5) is 32.0 Å². The van der Waals surface area contributed by atoms with Crippen molar-refractivity contribution in [2.24, 2.45) is 0 Å². The molecule has 1 aromatic heterocycles. The van der Waals surface area contributed by atoms with Gasteiger partial charge in [0.15, 0.2) is 11.5 Å². The molecule has 2 aromatic rings. The third kappa shape index (κ3) is 5.68. The van der Waals surface area contributed by atoms with Crippen molar-refractivity contribution >= 4 is 23.2 Å². The van der Waals surface area contributed by atoms with Gasteiger partial charge >= 0.3 is 6.61 Å². The first-order valence-electron chi connectivity index (χ1n) is 7.97. The molecule has 29 heavy (non-hydrogen) atoms. The van der Waals surface area contributed by atoms with E-state index in [-0.39, 0.29) is 23.8 Å². The normalized spacial score (nSPS) is 11.4. The van der Waals surface area contributed by atoms with E-state index in [9.17, 15) is 31.1 Å². The SMILES string of the molecule is CCOc1cc(NC(=O)Cn2nc(C(F)F)c(Cl)c2C(F)F)ccc1OC(F)F. The molecule has 0 spiro atoms. The molecule has 0 bridgehead atoms. The molecule has 0 radical (unpaired) electrons. The fraction of sp³-hybridized carbons (Fsp3) is 0.375. The molecule has 0 aliphatic rings. The Bertz CT molecular complexity index is 863. The highest BCUT2D eigenvalue weighted by Gasteiger charge is 2.28. The number of carbonyl (C=O) groups is 1. The fourth-order valence-electron chi connectivity index (χ4n) is 2.32. The van der Waals surface area contributed by atoms with Crippen molar-refractivity contribution < 1.29 is 40.6 Å². The number of anilines is 1. The van der Waals surface area contributed by atoms with Crippen molar-refractivity contribution in [3.63, 3.8) is 0 Å². The fourth-order valence-corrected chi connectivity index (χ4v) is 2.63. The van der Waals surface area contributed by atoms with Crippen LogP contribution < -0.4 is 14.8 Å². The number of nitrogens with zero attached hydrogens (tertiary/aromatic N) is 2. The number of hydrogen-bond acceptors (Lipinski definition) is 4. The van der Waals surface area contributed by atoms with Crippen LogP contribution in [0.2, 0.25) is 5.02 Å². The average molecular weight is 446 g/mol. The molecule has 13 heteroatoms. The second-order valence-corrected chi connectivity index (χ2v) is 5.74. The third-order valence-electron chi connectivity index (χ3n) is 3.41. The summed E-state index contributed by atoms with van der Waals surface area (Å²) >= 11 is 5.51. The predicted molar refractivity (Wildman–Crippen MR) is 90.0 cm³/mol. The summed E-state index contributed by atoms with van der Waals surface area (Å²) in [4.78, 5) is 12.1. The van der Waals surface area contributed by atoms with Crippen molar-refractivity contribution in [1.29, 1.82) is 0 Å². The van der Waals surface area contributed by atoms with E-state index in [0.29, 0.717) is 4.68 Å². The minimum atomic E-state index is -3.24. The van der Waals surface area contributed by atoms with Gasteiger partial charge in [0.2, 0.25) is 5.91 Å². The molecule has 1 heterocycles. The van der Waals surface area contributed by atoms with Gasteiger partial charge in [-0.2, -0.15) is 13.9 Å². The van der Waals surface area contributed by atoms with Crippen LogP contribution in [-0.4, -0.2) is 28.9 Å². The van der Waals surface area contributed by atoms with Crippen LogP contribution in [0.5, 0.6) is 11.5 Å². The van der Waals surface area contributed by atoms with Crippen molar-refractivity contribution in [3.05, 3.63) is 34.6 Å². The number of carbonyl (C=O) groups excluding carboxylic acids is 1. The predicted octanol–water partition coefficient (Wildman–Crippen LogP) is 5.05. The highest BCUT2D eigenvalue weighted by atomic mass is 35.5. The number of halogens is 7. The molecule has 6 nitrogen and oxygen atoms in total. The van der Waals surface area contributed by atoms with Gasteiger partial charge in [0, 0.05) is 11.8 Å². The van der Waals surface area contributed by atoms with Crippen molar-refractivity contribution in [2.75, 3.05) is 11.9 Å². The Labute approximate surface area is 165 Å². The number of amides is 1. The maximum absolute atomic E-state index is 13.1. The molecule has 0 aliphatic heterocycles. The molecule has 0 atom stereocenters. The molecule has 0 aliphatic carbocycles. The van der Waals surface area contributed by atoms with Crippen LogP contribution in [-0.2, 0) is 11.3 Å². The molecule has 160 valence electrons. The van der Waals surface area contributed by atoms with Gasteiger partial charge < -0.3 is 14.8 Å². The van der Waals surface area contributed by atoms with Crippen LogP contribution in [0.15, 0.2) is 18.2 Å². The number of nitrogens with one attached hydrogen (secondary N) is 1. The molecular formula is C16H14ClF6N3O3. The van der Waals surface area contributed by atoms with E-state index >= 15 is 0 Å². The summed E-state index contributed by atoms with van der Waals surface area (Å²) in [5, 5.41) is 4.65. The molecule has 0 fully saturated rings. The maximum Gasteiger partial charge on any atom is 0.387 e. The Hall–Kier alpha value is -2.63. The maximum atomic E-state index is 13.1. The summed E-state index contributed by atoms with van der Waals surface area (Å²) in [6.45, 7) is -2.25. The second-order valence-electron chi connectivity index (χ2n) is 5.36. The molecule has 0 saturated carbocycles. The van der Waals surface area contributed by atoms with Crippen molar-refractivity contribution in [3.8, 4) is 11.5 Å². The molecule has 1 amide bonds. The number of benzene rings is 1. The van der Waals surface area contributed by atoms with Gasteiger partial charge in [-0.05, 0) is 19.1 Å². The van der Waals surface area contributed by atoms with Crippen molar-refractivity contribution in [1.82, 2.24) is 9.78 Å². The number of alkyl halides is 6. The zero-order valence-corrected chi connectivity index (χ0v) is 15.4. The summed E-state index contributed by atoms with van der Waals surface area (Å²) in [5.74, 6) is -1.28. The average Bonchev–Trinajstić information content (AvgIpc) is 2.93. The Balaban J connectivity index is 2.21. The lowest BCUT2D eigenvalue weighted by Gasteiger charge is -2.13. The van der Waals surface area contributed by atoms with E-state index in [1.165, 1.54) is 12.1 Å². The quantitative estimate of drug-likeness (QED) is 0.549. The number of ether oxygens (including phenoxy) is 2. The van der Waals surface area contributed by atoms with E-state index in [1.54, 1.807) is 6.92 Å². The number of aromatic nitrogens is 2. The highest BCUT2D eigenvalue weighted by molar-refractivity contribution is 6.32. The van der Waals surface area contributed by atoms with Crippen LogP contribution in [0.1, 0.15) is 31.2 Å². The number of hydrogen-bond donors (Lipinski definition) is 1. The monoisotopic (exact) mass is 445 g/mol. The smallest absolute Gasteiger partial charge is 0.387 e.